The van der Waals surface area contributed by atoms with Crippen molar-refractivity contribution in [3.8, 4) is 0 Å². The zero-order valence-electron chi connectivity index (χ0n) is 11.6. The van der Waals surface area contributed by atoms with Gasteiger partial charge in [0.25, 0.3) is 0 Å². The van der Waals surface area contributed by atoms with E-state index in [-0.39, 0.29) is 5.78 Å². The normalized spacial score (nSPS) is 17.6. The van der Waals surface area contributed by atoms with Crippen molar-refractivity contribution in [1.29, 1.82) is 0 Å². The lowest BCUT2D eigenvalue weighted by atomic mass is 9.97. The predicted molar refractivity (Wildman–Crippen MR) is 76.4 cm³/mol. The number of piperidine rings is 1. The maximum Gasteiger partial charge on any atom is 0.164 e. The van der Waals surface area contributed by atoms with E-state index < -0.39 is 0 Å². The number of likely N-dealkylation sites (tertiary alicyclic amines) is 1. The van der Waals surface area contributed by atoms with E-state index in [0.717, 1.165) is 38.0 Å². The van der Waals surface area contributed by atoms with Crippen molar-refractivity contribution in [2.45, 2.75) is 26.2 Å². The van der Waals surface area contributed by atoms with Crippen molar-refractivity contribution < 1.29 is 9.90 Å². The monoisotopic (exact) mass is 261 g/mol. The Labute approximate surface area is 115 Å². The van der Waals surface area contributed by atoms with Crippen LogP contribution in [0.5, 0.6) is 0 Å². The van der Waals surface area contributed by atoms with Crippen LogP contribution in [-0.2, 0) is 0 Å². The Kier molecular flexibility index (Phi) is 5.11. The number of hydrogen-bond donors (Lipinski definition) is 1. The van der Waals surface area contributed by atoms with Gasteiger partial charge in [-0.15, -0.1) is 0 Å². The largest absolute Gasteiger partial charge is 0.396 e. The molecule has 0 aliphatic carbocycles. The quantitative estimate of drug-likeness (QED) is 0.827. The number of carbonyl (C=O) groups is 1. The van der Waals surface area contributed by atoms with Crippen molar-refractivity contribution in [3.63, 3.8) is 0 Å². The van der Waals surface area contributed by atoms with E-state index in [1.165, 1.54) is 5.56 Å². The fraction of sp³-hybridized carbons (Fsp3) is 0.562. The van der Waals surface area contributed by atoms with E-state index in [1.807, 2.05) is 31.2 Å². The van der Waals surface area contributed by atoms with Crippen molar-refractivity contribution in [2.24, 2.45) is 5.92 Å². The van der Waals surface area contributed by atoms with Gasteiger partial charge in [0.05, 0.1) is 0 Å². The summed E-state index contributed by atoms with van der Waals surface area (Å²) in [6.45, 7) is 5.18. The molecule has 1 aliphatic heterocycles. The fourth-order valence-corrected chi connectivity index (χ4v) is 2.54. The minimum absolute atomic E-state index is 0.226. The van der Waals surface area contributed by atoms with Gasteiger partial charge in [-0.3, -0.25) is 4.79 Å². The van der Waals surface area contributed by atoms with E-state index >= 15 is 0 Å². The second-order valence-electron chi connectivity index (χ2n) is 5.51. The topological polar surface area (TPSA) is 40.5 Å². The van der Waals surface area contributed by atoms with Crippen molar-refractivity contribution in [2.75, 3.05) is 26.2 Å². The molecule has 0 amide bonds. The van der Waals surface area contributed by atoms with Gasteiger partial charge in [0.1, 0.15) is 0 Å². The van der Waals surface area contributed by atoms with Crippen LogP contribution in [0, 0.1) is 12.8 Å². The number of nitrogens with zero attached hydrogens (tertiary/aromatic N) is 1. The Morgan fingerprint density at radius 3 is 2.47 bits per heavy atom. The highest BCUT2D eigenvalue weighted by atomic mass is 16.3. The summed E-state index contributed by atoms with van der Waals surface area (Å²) in [6, 6.07) is 7.80. The van der Waals surface area contributed by atoms with Crippen LogP contribution in [0.15, 0.2) is 24.3 Å². The van der Waals surface area contributed by atoms with Gasteiger partial charge < -0.3 is 10.0 Å². The highest BCUT2D eigenvalue weighted by Gasteiger charge is 2.18. The molecule has 0 unspecified atom stereocenters. The van der Waals surface area contributed by atoms with Crippen LogP contribution in [0.2, 0.25) is 0 Å². The smallest absolute Gasteiger partial charge is 0.164 e. The van der Waals surface area contributed by atoms with Crippen LogP contribution in [0.25, 0.3) is 0 Å². The summed E-state index contributed by atoms with van der Waals surface area (Å²) in [5, 5.41) is 9.09. The maximum atomic E-state index is 12.1. The molecule has 1 fully saturated rings. The van der Waals surface area contributed by atoms with Gasteiger partial charge in [0, 0.05) is 25.1 Å². The minimum atomic E-state index is 0.226. The van der Waals surface area contributed by atoms with Crippen molar-refractivity contribution in [3.05, 3.63) is 35.4 Å². The van der Waals surface area contributed by atoms with Gasteiger partial charge >= 0.3 is 0 Å². The summed E-state index contributed by atoms with van der Waals surface area (Å²) >= 11 is 0. The lowest BCUT2D eigenvalue weighted by molar-refractivity contribution is 0.0933. The SMILES string of the molecule is Cc1ccc(C(=O)CCN2CCC(CO)CC2)cc1. The second kappa shape index (κ2) is 6.83. The first-order chi connectivity index (χ1) is 9.19. The number of rotatable bonds is 5. The molecule has 1 aliphatic rings. The van der Waals surface area contributed by atoms with Crippen molar-refractivity contribution >= 4 is 5.78 Å². The van der Waals surface area contributed by atoms with E-state index in [9.17, 15) is 4.79 Å². The minimum Gasteiger partial charge on any atom is -0.396 e. The first-order valence-corrected chi connectivity index (χ1v) is 7.12. The third-order valence-electron chi connectivity index (χ3n) is 3.99. The van der Waals surface area contributed by atoms with Gasteiger partial charge in [-0.05, 0) is 38.8 Å². The molecule has 3 nitrogen and oxygen atoms in total. The van der Waals surface area contributed by atoms with E-state index in [1.54, 1.807) is 0 Å². The summed E-state index contributed by atoms with van der Waals surface area (Å²) in [4.78, 5) is 14.4. The molecule has 0 spiro atoms. The highest BCUT2D eigenvalue weighted by Crippen LogP contribution is 2.16. The Hall–Kier alpha value is -1.19. The average Bonchev–Trinajstić information content (AvgIpc) is 2.46. The predicted octanol–water partition coefficient (Wildman–Crippen LogP) is 2.27. The summed E-state index contributed by atoms with van der Waals surface area (Å²) in [6.07, 6.45) is 2.69. The molecule has 0 bridgehead atoms. The number of aliphatic hydroxyl groups is 1. The molecule has 1 aromatic carbocycles. The van der Waals surface area contributed by atoms with Crippen molar-refractivity contribution in [1.82, 2.24) is 4.90 Å². The number of benzene rings is 1. The van der Waals surface area contributed by atoms with Crippen LogP contribution in [0.3, 0.4) is 0 Å². The van der Waals surface area contributed by atoms with Crippen LogP contribution in [-0.4, -0.2) is 42.0 Å². The van der Waals surface area contributed by atoms with E-state index in [0.29, 0.717) is 18.9 Å². The lowest BCUT2D eigenvalue weighted by Crippen LogP contribution is -2.36. The Morgan fingerprint density at radius 1 is 1.26 bits per heavy atom. The van der Waals surface area contributed by atoms with Gasteiger partial charge in [0.15, 0.2) is 5.78 Å². The summed E-state index contributed by atoms with van der Waals surface area (Å²) in [5.41, 5.74) is 2.00. The number of aryl methyl sites for hydroxylation is 1. The van der Waals surface area contributed by atoms with E-state index in [4.69, 9.17) is 5.11 Å². The number of carbonyl (C=O) groups excluding carboxylic acids is 1. The molecule has 19 heavy (non-hydrogen) atoms. The first-order valence-electron chi connectivity index (χ1n) is 7.12. The molecule has 0 atom stereocenters. The van der Waals surface area contributed by atoms with Gasteiger partial charge in [0.2, 0.25) is 0 Å². The zero-order chi connectivity index (χ0) is 13.7. The molecule has 1 N–H and O–H groups in total. The van der Waals surface area contributed by atoms with Gasteiger partial charge in [-0.2, -0.15) is 0 Å². The summed E-state index contributed by atoms with van der Waals surface area (Å²) in [5.74, 6) is 0.688. The molecule has 3 heteroatoms. The average molecular weight is 261 g/mol. The number of aliphatic hydroxyl groups excluding tert-OH is 1. The van der Waals surface area contributed by atoms with E-state index in [2.05, 4.69) is 4.90 Å². The van der Waals surface area contributed by atoms with Crippen LogP contribution >= 0.6 is 0 Å². The zero-order valence-corrected chi connectivity index (χ0v) is 11.6. The molecule has 0 saturated carbocycles. The number of ketones is 1. The molecule has 0 radical (unpaired) electrons. The Morgan fingerprint density at radius 2 is 1.89 bits per heavy atom. The molecule has 104 valence electrons. The Bertz CT molecular complexity index is 405. The Balaban J connectivity index is 1.76. The fourth-order valence-electron chi connectivity index (χ4n) is 2.54. The third kappa shape index (κ3) is 4.15. The number of Topliss-reactive ketones (excluding diaryl/α,β-unsaturated/α-hetero) is 1. The summed E-state index contributed by atoms with van der Waals surface area (Å²) < 4.78 is 0. The second-order valence-corrected chi connectivity index (χ2v) is 5.51. The first kappa shape index (κ1) is 14.2. The maximum absolute atomic E-state index is 12.1. The molecule has 2 rings (SSSR count). The van der Waals surface area contributed by atoms with Crippen LogP contribution in [0.1, 0.15) is 35.2 Å². The standard InChI is InChI=1S/C16H23NO2/c1-13-2-4-15(5-3-13)16(19)8-11-17-9-6-14(12-18)7-10-17/h2-5,14,18H,6-12H2,1H3. The molecule has 1 heterocycles. The molecular formula is C16H23NO2. The molecule has 0 aromatic heterocycles. The summed E-state index contributed by atoms with van der Waals surface area (Å²) in [7, 11) is 0. The number of hydrogen-bond acceptors (Lipinski definition) is 3. The van der Waals surface area contributed by atoms with Gasteiger partial charge in [-0.25, -0.2) is 0 Å². The molecule has 1 aromatic rings. The van der Waals surface area contributed by atoms with Crippen LogP contribution in [0.4, 0.5) is 0 Å². The molecular weight excluding hydrogens is 238 g/mol. The molecule has 1 saturated heterocycles. The van der Waals surface area contributed by atoms with Gasteiger partial charge in [-0.1, -0.05) is 29.8 Å². The van der Waals surface area contributed by atoms with Crippen LogP contribution < -0.4 is 0 Å². The lowest BCUT2D eigenvalue weighted by Gasteiger charge is -2.30. The highest BCUT2D eigenvalue weighted by molar-refractivity contribution is 5.96. The third-order valence-corrected chi connectivity index (χ3v) is 3.99.